The van der Waals surface area contributed by atoms with E-state index in [0.717, 1.165) is 0 Å². The van der Waals surface area contributed by atoms with Crippen LogP contribution in [0.1, 0.15) is 16.8 Å². The Morgan fingerprint density at radius 2 is 2.38 bits per heavy atom. The van der Waals surface area contributed by atoms with Crippen LogP contribution in [0.4, 0.5) is 5.69 Å². The molecule has 8 heteroatoms. The van der Waals surface area contributed by atoms with E-state index >= 15 is 0 Å². The SMILES string of the molecule is COC(=O)CC1CN(C(=O)c2cc(Cl)ncc2N)CCO1. The van der Waals surface area contributed by atoms with Crippen LogP contribution in [0, 0.1) is 0 Å². The number of carbonyl (C=O) groups is 2. The smallest absolute Gasteiger partial charge is 0.308 e. The van der Waals surface area contributed by atoms with E-state index < -0.39 is 0 Å². The lowest BCUT2D eigenvalue weighted by molar-refractivity contribution is -0.145. The minimum absolute atomic E-state index is 0.104. The van der Waals surface area contributed by atoms with E-state index in [1.165, 1.54) is 19.4 Å². The molecular formula is C13H16ClN3O4. The highest BCUT2D eigenvalue weighted by Crippen LogP contribution is 2.19. The Bertz CT molecular complexity index is 552. The molecule has 0 spiro atoms. The highest BCUT2D eigenvalue weighted by molar-refractivity contribution is 6.29. The molecular weight excluding hydrogens is 298 g/mol. The van der Waals surface area contributed by atoms with Crippen LogP contribution in [0.15, 0.2) is 12.3 Å². The normalized spacial score (nSPS) is 18.4. The van der Waals surface area contributed by atoms with Crippen molar-refractivity contribution < 1.29 is 19.1 Å². The third kappa shape index (κ3) is 3.83. The number of ether oxygens (including phenoxy) is 2. The number of hydrogen-bond acceptors (Lipinski definition) is 6. The van der Waals surface area contributed by atoms with Crippen molar-refractivity contribution in [1.29, 1.82) is 0 Å². The summed E-state index contributed by atoms with van der Waals surface area (Å²) in [7, 11) is 1.31. The predicted octanol–water partition coefficient (Wildman–Crippen LogP) is 0.721. The number of nitrogens with zero attached hydrogens (tertiary/aromatic N) is 2. The summed E-state index contributed by atoms with van der Waals surface area (Å²) >= 11 is 5.79. The first-order valence-corrected chi connectivity index (χ1v) is 6.77. The van der Waals surface area contributed by atoms with Gasteiger partial charge in [-0.15, -0.1) is 0 Å². The fourth-order valence-corrected chi connectivity index (χ4v) is 2.25. The van der Waals surface area contributed by atoms with Gasteiger partial charge in [0.1, 0.15) is 5.15 Å². The molecule has 0 saturated carbocycles. The monoisotopic (exact) mass is 313 g/mol. The van der Waals surface area contributed by atoms with Crippen LogP contribution in [-0.4, -0.2) is 54.7 Å². The molecule has 1 aliphatic heterocycles. The first-order chi connectivity index (χ1) is 10.0. The number of morpholine rings is 1. The van der Waals surface area contributed by atoms with Crippen molar-refractivity contribution in [3.05, 3.63) is 23.0 Å². The first-order valence-electron chi connectivity index (χ1n) is 6.40. The highest BCUT2D eigenvalue weighted by atomic mass is 35.5. The fraction of sp³-hybridized carbons (Fsp3) is 0.462. The zero-order chi connectivity index (χ0) is 15.4. The Kier molecular flexibility index (Phi) is 4.98. The quantitative estimate of drug-likeness (QED) is 0.652. The van der Waals surface area contributed by atoms with Crippen LogP contribution >= 0.6 is 11.6 Å². The zero-order valence-corrected chi connectivity index (χ0v) is 12.3. The number of nitrogen functional groups attached to an aromatic ring is 1. The Balaban J connectivity index is 2.08. The van der Waals surface area contributed by atoms with E-state index in [-0.39, 0.29) is 35.2 Å². The average Bonchev–Trinajstić information content (AvgIpc) is 2.49. The van der Waals surface area contributed by atoms with Crippen molar-refractivity contribution in [3.63, 3.8) is 0 Å². The molecule has 1 aromatic heterocycles. The molecule has 1 aromatic rings. The van der Waals surface area contributed by atoms with Gasteiger partial charge in [0, 0.05) is 13.1 Å². The number of methoxy groups -OCH3 is 1. The van der Waals surface area contributed by atoms with Gasteiger partial charge in [0.15, 0.2) is 0 Å². The van der Waals surface area contributed by atoms with Crippen molar-refractivity contribution in [2.24, 2.45) is 0 Å². The van der Waals surface area contributed by atoms with Crippen molar-refractivity contribution in [2.75, 3.05) is 32.5 Å². The summed E-state index contributed by atoms with van der Waals surface area (Å²) in [5.41, 5.74) is 6.32. The lowest BCUT2D eigenvalue weighted by Gasteiger charge is -2.32. The minimum Gasteiger partial charge on any atom is -0.469 e. The number of anilines is 1. The molecule has 21 heavy (non-hydrogen) atoms. The Hall–Kier alpha value is -1.86. The number of aromatic nitrogens is 1. The van der Waals surface area contributed by atoms with Crippen LogP contribution in [0.3, 0.4) is 0 Å². The van der Waals surface area contributed by atoms with Gasteiger partial charge in [0.25, 0.3) is 5.91 Å². The summed E-state index contributed by atoms with van der Waals surface area (Å²) in [6, 6.07) is 1.43. The third-order valence-electron chi connectivity index (χ3n) is 3.18. The molecule has 0 radical (unpaired) electrons. The molecule has 1 aliphatic rings. The van der Waals surface area contributed by atoms with E-state index in [2.05, 4.69) is 9.72 Å². The van der Waals surface area contributed by atoms with Gasteiger partial charge >= 0.3 is 5.97 Å². The fourth-order valence-electron chi connectivity index (χ4n) is 2.09. The largest absolute Gasteiger partial charge is 0.469 e. The number of esters is 1. The second kappa shape index (κ2) is 6.73. The number of amides is 1. The second-order valence-corrected chi connectivity index (χ2v) is 5.01. The number of rotatable bonds is 3. The molecule has 114 valence electrons. The Labute approximate surface area is 127 Å². The maximum absolute atomic E-state index is 12.5. The topological polar surface area (TPSA) is 94.8 Å². The molecule has 1 unspecified atom stereocenters. The summed E-state index contributed by atoms with van der Waals surface area (Å²) < 4.78 is 10.1. The van der Waals surface area contributed by atoms with Crippen LogP contribution in [0.25, 0.3) is 0 Å². The summed E-state index contributed by atoms with van der Waals surface area (Å²) in [6.07, 6.45) is 1.07. The molecule has 1 saturated heterocycles. The molecule has 7 nitrogen and oxygen atoms in total. The molecule has 0 bridgehead atoms. The molecule has 1 fully saturated rings. The van der Waals surface area contributed by atoms with Crippen LogP contribution in [0.2, 0.25) is 5.15 Å². The van der Waals surface area contributed by atoms with Crippen LogP contribution in [0.5, 0.6) is 0 Å². The number of carbonyl (C=O) groups excluding carboxylic acids is 2. The van der Waals surface area contributed by atoms with Gasteiger partial charge in [0.2, 0.25) is 0 Å². The minimum atomic E-state index is -0.381. The van der Waals surface area contributed by atoms with Gasteiger partial charge < -0.3 is 20.1 Å². The summed E-state index contributed by atoms with van der Waals surface area (Å²) in [6.45, 7) is 1.08. The second-order valence-electron chi connectivity index (χ2n) is 4.62. The van der Waals surface area contributed by atoms with E-state index in [4.69, 9.17) is 22.1 Å². The highest BCUT2D eigenvalue weighted by Gasteiger charge is 2.28. The van der Waals surface area contributed by atoms with Crippen molar-refractivity contribution >= 4 is 29.2 Å². The van der Waals surface area contributed by atoms with Gasteiger partial charge in [0.05, 0.1) is 43.7 Å². The third-order valence-corrected chi connectivity index (χ3v) is 3.39. The molecule has 1 atom stereocenters. The van der Waals surface area contributed by atoms with Gasteiger partial charge in [-0.05, 0) is 6.07 Å². The van der Waals surface area contributed by atoms with Crippen LogP contribution in [-0.2, 0) is 14.3 Å². The predicted molar refractivity (Wildman–Crippen MR) is 75.9 cm³/mol. The Morgan fingerprint density at radius 1 is 1.62 bits per heavy atom. The van der Waals surface area contributed by atoms with E-state index in [9.17, 15) is 9.59 Å². The van der Waals surface area contributed by atoms with Crippen molar-refractivity contribution in [2.45, 2.75) is 12.5 Å². The average molecular weight is 314 g/mol. The van der Waals surface area contributed by atoms with E-state index in [1.54, 1.807) is 4.90 Å². The van der Waals surface area contributed by atoms with Gasteiger partial charge in [-0.3, -0.25) is 9.59 Å². The summed E-state index contributed by atoms with van der Waals surface area (Å²) in [5, 5.41) is 0.201. The molecule has 0 aliphatic carbocycles. The van der Waals surface area contributed by atoms with Gasteiger partial charge in [-0.25, -0.2) is 4.98 Å². The van der Waals surface area contributed by atoms with E-state index in [0.29, 0.717) is 25.3 Å². The van der Waals surface area contributed by atoms with Gasteiger partial charge in [-0.1, -0.05) is 11.6 Å². The lowest BCUT2D eigenvalue weighted by atomic mass is 10.1. The molecule has 1 amide bonds. The molecule has 0 aromatic carbocycles. The number of halogens is 1. The zero-order valence-electron chi connectivity index (χ0n) is 11.5. The first kappa shape index (κ1) is 15.5. The maximum atomic E-state index is 12.5. The number of nitrogens with two attached hydrogens (primary N) is 1. The maximum Gasteiger partial charge on any atom is 0.308 e. The lowest BCUT2D eigenvalue weighted by Crippen LogP contribution is -2.46. The van der Waals surface area contributed by atoms with Crippen molar-refractivity contribution in [1.82, 2.24) is 9.88 Å². The standard InChI is InChI=1S/C13H16ClN3O4/c1-20-12(18)4-8-7-17(2-3-21-8)13(19)9-5-11(14)16-6-10(9)15/h5-6,8H,2-4,7,15H2,1H3. The number of hydrogen-bond donors (Lipinski definition) is 1. The van der Waals surface area contributed by atoms with Crippen LogP contribution < -0.4 is 5.73 Å². The molecule has 2 rings (SSSR count). The molecule has 2 N–H and O–H groups in total. The Morgan fingerprint density at radius 3 is 3.10 bits per heavy atom. The number of pyridine rings is 1. The summed E-state index contributed by atoms with van der Waals surface area (Å²) in [5.74, 6) is -0.629. The van der Waals surface area contributed by atoms with Crippen molar-refractivity contribution in [3.8, 4) is 0 Å². The van der Waals surface area contributed by atoms with E-state index in [1.807, 2.05) is 0 Å². The molecule has 2 heterocycles. The van der Waals surface area contributed by atoms with Gasteiger partial charge in [-0.2, -0.15) is 0 Å². The summed E-state index contributed by atoms with van der Waals surface area (Å²) in [4.78, 5) is 29.1.